The van der Waals surface area contributed by atoms with Crippen molar-refractivity contribution in [3.8, 4) is 0 Å². The molecule has 1 atom stereocenters. The number of thiophene rings is 1. The third kappa shape index (κ3) is 6.73. The molecule has 3 rings (SSSR count). The molecule has 0 saturated carbocycles. The van der Waals surface area contributed by atoms with Crippen LogP contribution in [0.2, 0.25) is 0 Å². The van der Waals surface area contributed by atoms with Crippen molar-refractivity contribution in [2.75, 3.05) is 0 Å². The molecule has 0 radical (unpaired) electrons. The minimum atomic E-state index is -5.17. The molecule has 7 nitrogen and oxygen atoms in total. The molecule has 0 saturated heterocycles. The molecule has 0 aromatic carbocycles. The average molecular weight is 375 g/mol. The van der Waals surface area contributed by atoms with Crippen molar-refractivity contribution in [3.05, 3.63) is 33.2 Å². The second-order valence-electron chi connectivity index (χ2n) is 4.53. The molecule has 10 heteroatoms. The largest absolute Gasteiger partial charge is 2.00 e. The summed E-state index contributed by atoms with van der Waals surface area (Å²) in [5.41, 5.74) is 4.37. The molecule has 0 amide bonds. The minimum Gasteiger partial charge on any atom is -0.759 e. The van der Waals surface area contributed by atoms with Crippen LogP contribution in [0, 0.1) is 0 Å². The van der Waals surface area contributed by atoms with E-state index in [-0.39, 0.29) is 48.7 Å². The predicted molar refractivity (Wildman–Crippen MR) is 84.8 cm³/mol. The van der Waals surface area contributed by atoms with E-state index in [9.17, 15) is 0 Å². The normalized spacial score (nSPS) is 18.0. The van der Waals surface area contributed by atoms with E-state index in [0.29, 0.717) is 5.92 Å². The van der Waals surface area contributed by atoms with Gasteiger partial charge in [-0.2, -0.15) is 0 Å². The Hall–Kier alpha value is 0.160. The summed E-state index contributed by atoms with van der Waals surface area (Å²) < 4.78 is 34.1. The fourth-order valence-electron chi connectivity index (χ4n) is 2.50. The SMILES string of the molecule is CC1=CN=Cc2csc3c2C1CCC3.O.O.O=S(=O)([O-])[O-].[Ca+2]. The van der Waals surface area contributed by atoms with Crippen LogP contribution < -0.4 is 0 Å². The molecule has 2 aliphatic rings. The molecule has 0 spiro atoms. The van der Waals surface area contributed by atoms with Gasteiger partial charge in [-0.05, 0) is 37.3 Å². The summed E-state index contributed by atoms with van der Waals surface area (Å²) in [6.45, 7) is 2.21. The average Bonchev–Trinajstić information content (AvgIpc) is 2.62. The summed E-state index contributed by atoms with van der Waals surface area (Å²) in [6.07, 6.45) is 7.97. The van der Waals surface area contributed by atoms with E-state index in [2.05, 4.69) is 17.3 Å². The Morgan fingerprint density at radius 3 is 2.50 bits per heavy atom. The Balaban J connectivity index is 0. The summed E-state index contributed by atoms with van der Waals surface area (Å²) in [6, 6.07) is 0. The van der Waals surface area contributed by atoms with Crippen molar-refractivity contribution >= 4 is 65.7 Å². The van der Waals surface area contributed by atoms with Crippen molar-refractivity contribution < 1.29 is 28.5 Å². The molecule has 4 N–H and O–H groups in total. The maximum atomic E-state index is 8.52. The van der Waals surface area contributed by atoms with E-state index in [0.717, 1.165) is 0 Å². The van der Waals surface area contributed by atoms with Gasteiger partial charge in [0.1, 0.15) is 0 Å². The van der Waals surface area contributed by atoms with Crippen LogP contribution >= 0.6 is 11.3 Å². The molecule has 120 valence electrons. The first-order chi connectivity index (χ1) is 8.86. The Bertz CT molecular complexity index is 630. The number of aliphatic imine (C=N–C) groups is 1. The summed E-state index contributed by atoms with van der Waals surface area (Å²) in [4.78, 5) is 5.95. The van der Waals surface area contributed by atoms with Gasteiger partial charge in [0.2, 0.25) is 0 Å². The van der Waals surface area contributed by atoms with Crippen molar-refractivity contribution in [3.63, 3.8) is 0 Å². The molecule has 0 bridgehead atoms. The molecular formula is C12H17CaNO6S2. The van der Waals surface area contributed by atoms with Gasteiger partial charge in [0.05, 0.1) is 0 Å². The Labute approximate surface area is 163 Å². The van der Waals surface area contributed by atoms with Gasteiger partial charge in [0, 0.05) is 44.6 Å². The van der Waals surface area contributed by atoms with Crippen LogP contribution in [0.15, 0.2) is 22.1 Å². The van der Waals surface area contributed by atoms with Crippen LogP contribution in [0.5, 0.6) is 0 Å². The number of hydrogen-bond acceptors (Lipinski definition) is 6. The second kappa shape index (κ2) is 10.1. The van der Waals surface area contributed by atoms with Crippen molar-refractivity contribution in [1.29, 1.82) is 0 Å². The Kier molecular flexibility index (Phi) is 11.2. The van der Waals surface area contributed by atoms with E-state index >= 15 is 0 Å². The van der Waals surface area contributed by atoms with E-state index in [1.54, 1.807) is 10.4 Å². The van der Waals surface area contributed by atoms with Crippen LogP contribution in [0.25, 0.3) is 0 Å². The zero-order chi connectivity index (χ0) is 14.0. The smallest absolute Gasteiger partial charge is 0.759 e. The topological polar surface area (TPSA) is 156 Å². The van der Waals surface area contributed by atoms with Gasteiger partial charge >= 0.3 is 37.7 Å². The van der Waals surface area contributed by atoms with Crippen LogP contribution in [0.3, 0.4) is 0 Å². The zero-order valence-electron chi connectivity index (χ0n) is 12.0. The van der Waals surface area contributed by atoms with Gasteiger partial charge in [-0.3, -0.25) is 13.4 Å². The predicted octanol–water partition coefficient (Wildman–Crippen LogP) is 0.136. The molecule has 1 aliphatic heterocycles. The van der Waals surface area contributed by atoms with Crippen LogP contribution in [0.1, 0.15) is 41.7 Å². The first kappa shape index (κ1) is 24.4. The van der Waals surface area contributed by atoms with Crippen LogP contribution in [-0.2, 0) is 16.8 Å². The van der Waals surface area contributed by atoms with Gasteiger partial charge in [0.15, 0.2) is 0 Å². The van der Waals surface area contributed by atoms with E-state index in [1.165, 1.54) is 30.4 Å². The number of rotatable bonds is 0. The van der Waals surface area contributed by atoms with Gasteiger partial charge in [-0.1, -0.05) is 0 Å². The molecule has 2 heterocycles. The number of allylic oxidation sites excluding steroid dienone is 1. The van der Waals surface area contributed by atoms with E-state index < -0.39 is 10.4 Å². The van der Waals surface area contributed by atoms with E-state index in [1.807, 2.05) is 23.8 Å². The van der Waals surface area contributed by atoms with Gasteiger partial charge in [-0.25, -0.2) is 0 Å². The maximum absolute atomic E-state index is 8.52. The molecule has 0 fully saturated rings. The van der Waals surface area contributed by atoms with Crippen molar-refractivity contribution in [2.45, 2.75) is 32.1 Å². The molecule has 1 aromatic rings. The maximum Gasteiger partial charge on any atom is 2.00 e. The van der Waals surface area contributed by atoms with Crippen LogP contribution in [-0.4, -0.2) is 72.4 Å². The monoisotopic (exact) mass is 375 g/mol. The summed E-state index contributed by atoms with van der Waals surface area (Å²) in [7, 11) is -5.17. The minimum absolute atomic E-state index is 0. The van der Waals surface area contributed by atoms with E-state index in [4.69, 9.17) is 17.5 Å². The first-order valence-corrected chi connectivity index (χ1v) is 8.04. The van der Waals surface area contributed by atoms with Crippen molar-refractivity contribution in [1.82, 2.24) is 0 Å². The third-order valence-corrected chi connectivity index (χ3v) is 4.31. The molecule has 1 aromatic heterocycles. The van der Waals surface area contributed by atoms with Crippen molar-refractivity contribution in [2.24, 2.45) is 4.99 Å². The summed E-state index contributed by atoms with van der Waals surface area (Å²) >= 11 is 1.91. The Morgan fingerprint density at radius 1 is 1.32 bits per heavy atom. The third-order valence-electron chi connectivity index (χ3n) is 3.23. The first-order valence-electron chi connectivity index (χ1n) is 5.83. The standard InChI is InChI=1S/C12H13NS.Ca.H2O4S.2H2O/c1-8-5-13-6-9-7-14-11-4-2-3-10(8)12(9)11;;1-5(2,3)4;;/h5-7,10H,2-4H2,1H3;;(H2,1,2,3,4);2*1H2/q;+2;;;/p-2. The second-order valence-corrected chi connectivity index (χ2v) is 6.31. The summed E-state index contributed by atoms with van der Waals surface area (Å²) in [5.74, 6) is 0.655. The fourth-order valence-corrected chi connectivity index (χ4v) is 3.61. The van der Waals surface area contributed by atoms with Gasteiger partial charge in [0.25, 0.3) is 0 Å². The quantitative estimate of drug-likeness (QED) is 0.359. The Morgan fingerprint density at radius 2 is 1.91 bits per heavy atom. The molecule has 1 aliphatic carbocycles. The fraction of sp³-hybridized carbons (Fsp3) is 0.417. The summed E-state index contributed by atoms with van der Waals surface area (Å²) in [5, 5.41) is 2.26. The van der Waals surface area contributed by atoms with Crippen LogP contribution in [0.4, 0.5) is 0 Å². The number of aryl methyl sites for hydroxylation is 1. The number of hydrogen-bond donors (Lipinski definition) is 0. The molecule has 1 unspecified atom stereocenters. The van der Waals surface area contributed by atoms with Gasteiger partial charge in [-0.15, -0.1) is 11.3 Å². The molecule has 22 heavy (non-hydrogen) atoms. The molecular weight excluding hydrogens is 358 g/mol. The number of nitrogens with zero attached hydrogens (tertiary/aromatic N) is 1. The van der Waals surface area contributed by atoms with Gasteiger partial charge < -0.3 is 20.1 Å². The zero-order valence-corrected chi connectivity index (χ0v) is 15.9.